The standard InChI is InChI=1S/C15H14N2O2S/c1-10-15(19)17(9-11-5-4-8-20-11)13-7-3-2-6-12(13)14(18)16-10/h2-8,10H,9H2,1H3,(H,16,18). The van der Waals surface area contributed by atoms with E-state index in [0.29, 0.717) is 17.8 Å². The zero-order valence-electron chi connectivity index (χ0n) is 11.0. The molecule has 5 heteroatoms. The third-order valence-electron chi connectivity index (χ3n) is 3.32. The van der Waals surface area contributed by atoms with Crippen molar-refractivity contribution in [3.05, 3.63) is 52.2 Å². The minimum atomic E-state index is -0.519. The van der Waals surface area contributed by atoms with Gasteiger partial charge in [0.15, 0.2) is 0 Å². The smallest absolute Gasteiger partial charge is 0.254 e. The number of thiophene rings is 1. The van der Waals surface area contributed by atoms with Crippen molar-refractivity contribution in [2.45, 2.75) is 19.5 Å². The summed E-state index contributed by atoms with van der Waals surface area (Å²) in [5.41, 5.74) is 1.22. The van der Waals surface area contributed by atoms with Gasteiger partial charge in [-0.2, -0.15) is 0 Å². The van der Waals surface area contributed by atoms with Crippen molar-refractivity contribution in [2.24, 2.45) is 0 Å². The number of hydrogen-bond donors (Lipinski definition) is 1. The van der Waals surface area contributed by atoms with Crippen LogP contribution < -0.4 is 10.2 Å². The molecule has 0 fully saturated rings. The second kappa shape index (κ2) is 5.09. The fraction of sp³-hybridized carbons (Fsp3) is 0.200. The summed E-state index contributed by atoms with van der Waals surface area (Å²) in [5.74, 6) is -0.285. The summed E-state index contributed by atoms with van der Waals surface area (Å²) < 4.78 is 0. The molecule has 0 spiro atoms. The average Bonchev–Trinajstić information content (AvgIpc) is 2.94. The lowest BCUT2D eigenvalue weighted by Crippen LogP contribution is -2.43. The lowest BCUT2D eigenvalue weighted by atomic mass is 10.1. The number of amides is 2. The van der Waals surface area contributed by atoms with Crippen molar-refractivity contribution in [3.63, 3.8) is 0 Å². The fourth-order valence-corrected chi connectivity index (χ4v) is 3.00. The number of benzene rings is 1. The van der Waals surface area contributed by atoms with Crippen molar-refractivity contribution < 1.29 is 9.59 Å². The molecular formula is C15H14N2O2S. The van der Waals surface area contributed by atoms with E-state index in [1.807, 2.05) is 35.7 Å². The van der Waals surface area contributed by atoms with Crippen molar-refractivity contribution >= 4 is 28.8 Å². The van der Waals surface area contributed by atoms with E-state index in [0.717, 1.165) is 4.88 Å². The minimum absolute atomic E-state index is 0.0864. The van der Waals surface area contributed by atoms with Crippen molar-refractivity contribution in [1.29, 1.82) is 0 Å². The number of rotatable bonds is 2. The highest BCUT2D eigenvalue weighted by Crippen LogP contribution is 2.26. The lowest BCUT2D eigenvalue weighted by Gasteiger charge is -2.23. The maximum atomic E-state index is 12.5. The lowest BCUT2D eigenvalue weighted by molar-refractivity contribution is -0.120. The van der Waals surface area contributed by atoms with Crippen molar-refractivity contribution in [2.75, 3.05) is 4.90 Å². The largest absolute Gasteiger partial charge is 0.340 e. The number of para-hydroxylation sites is 1. The molecule has 1 aliphatic heterocycles. The Morgan fingerprint density at radius 2 is 2.00 bits per heavy atom. The summed E-state index contributed by atoms with van der Waals surface area (Å²) in [5, 5.41) is 4.71. The fourth-order valence-electron chi connectivity index (χ4n) is 2.31. The van der Waals surface area contributed by atoms with E-state index in [-0.39, 0.29) is 11.8 Å². The molecule has 1 aliphatic rings. The molecule has 1 aromatic heterocycles. The Morgan fingerprint density at radius 1 is 1.20 bits per heavy atom. The average molecular weight is 286 g/mol. The SMILES string of the molecule is CC1NC(=O)c2ccccc2N(Cc2cccs2)C1=O. The Hall–Kier alpha value is -2.14. The molecule has 102 valence electrons. The molecule has 1 aromatic carbocycles. The summed E-state index contributed by atoms with van der Waals surface area (Å²) in [6.07, 6.45) is 0. The number of nitrogens with one attached hydrogen (secondary N) is 1. The Kier molecular flexibility index (Phi) is 3.28. The van der Waals surface area contributed by atoms with E-state index in [2.05, 4.69) is 5.32 Å². The van der Waals surface area contributed by atoms with Crippen LogP contribution in [-0.2, 0) is 11.3 Å². The molecule has 2 heterocycles. The molecule has 4 nitrogen and oxygen atoms in total. The highest BCUT2D eigenvalue weighted by molar-refractivity contribution is 7.09. The molecule has 0 bridgehead atoms. The number of anilines is 1. The molecule has 0 saturated carbocycles. The maximum Gasteiger partial charge on any atom is 0.254 e. The van der Waals surface area contributed by atoms with E-state index in [1.165, 1.54) is 0 Å². The second-order valence-corrected chi connectivity index (χ2v) is 5.75. The van der Waals surface area contributed by atoms with Gasteiger partial charge in [-0.15, -0.1) is 11.3 Å². The van der Waals surface area contributed by atoms with Crippen LogP contribution in [0.5, 0.6) is 0 Å². The van der Waals surface area contributed by atoms with Gasteiger partial charge in [0.25, 0.3) is 5.91 Å². The summed E-state index contributed by atoms with van der Waals surface area (Å²) in [7, 11) is 0. The van der Waals surface area contributed by atoms with Crippen LogP contribution >= 0.6 is 11.3 Å². The van der Waals surface area contributed by atoms with Gasteiger partial charge >= 0.3 is 0 Å². The van der Waals surface area contributed by atoms with E-state index in [4.69, 9.17) is 0 Å². The molecule has 0 radical (unpaired) electrons. The van der Waals surface area contributed by atoms with Gasteiger partial charge in [-0.25, -0.2) is 0 Å². The zero-order valence-corrected chi connectivity index (χ0v) is 11.8. The maximum absolute atomic E-state index is 12.5. The first kappa shape index (κ1) is 12.9. The molecule has 3 rings (SSSR count). The monoisotopic (exact) mass is 286 g/mol. The van der Waals surface area contributed by atoms with Crippen LogP contribution in [0.15, 0.2) is 41.8 Å². The van der Waals surface area contributed by atoms with Crippen LogP contribution in [0.3, 0.4) is 0 Å². The second-order valence-electron chi connectivity index (χ2n) is 4.72. The van der Waals surface area contributed by atoms with Crippen molar-refractivity contribution in [1.82, 2.24) is 5.32 Å². The van der Waals surface area contributed by atoms with E-state index < -0.39 is 6.04 Å². The molecule has 0 aliphatic carbocycles. The first-order valence-electron chi connectivity index (χ1n) is 6.40. The molecule has 20 heavy (non-hydrogen) atoms. The normalized spacial score (nSPS) is 18.4. The van der Waals surface area contributed by atoms with Crippen LogP contribution in [0.25, 0.3) is 0 Å². The molecule has 0 saturated heterocycles. The minimum Gasteiger partial charge on any atom is -0.340 e. The molecular weight excluding hydrogens is 272 g/mol. The van der Waals surface area contributed by atoms with Crippen molar-refractivity contribution in [3.8, 4) is 0 Å². The number of hydrogen-bond acceptors (Lipinski definition) is 3. The topological polar surface area (TPSA) is 49.4 Å². The molecule has 1 unspecified atom stereocenters. The van der Waals surface area contributed by atoms with Crippen LogP contribution in [0.2, 0.25) is 0 Å². The van der Waals surface area contributed by atoms with Crippen LogP contribution in [-0.4, -0.2) is 17.9 Å². The molecule has 2 aromatic rings. The van der Waals surface area contributed by atoms with Gasteiger partial charge in [0.1, 0.15) is 6.04 Å². The van der Waals surface area contributed by atoms with Gasteiger partial charge in [0.2, 0.25) is 5.91 Å². The zero-order chi connectivity index (χ0) is 14.1. The van der Waals surface area contributed by atoms with Gasteiger partial charge in [-0.05, 0) is 30.5 Å². The van der Waals surface area contributed by atoms with Gasteiger partial charge in [-0.1, -0.05) is 18.2 Å². The first-order valence-corrected chi connectivity index (χ1v) is 7.28. The number of carbonyl (C=O) groups excluding carboxylic acids is 2. The Morgan fingerprint density at radius 3 is 2.75 bits per heavy atom. The Bertz CT molecular complexity index is 652. The highest BCUT2D eigenvalue weighted by atomic mass is 32.1. The highest BCUT2D eigenvalue weighted by Gasteiger charge is 2.30. The number of nitrogens with zero attached hydrogens (tertiary/aromatic N) is 1. The summed E-state index contributed by atoms with van der Waals surface area (Å²) in [6.45, 7) is 2.21. The van der Waals surface area contributed by atoms with Crippen LogP contribution in [0, 0.1) is 0 Å². The summed E-state index contributed by atoms with van der Waals surface area (Å²) in [4.78, 5) is 27.4. The Balaban J connectivity index is 2.06. The first-order chi connectivity index (χ1) is 9.66. The number of carbonyl (C=O) groups is 2. The Labute approximate surface area is 121 Å². The van der Waals surface area contributed by atoms with E-state index >= 15 is 0 Å². The molecule has 1 atom stereocenters. The van der Waals surface area contributed by atoms with Gasteiger partial charge in [0, 0.05) is 4.88 Å². The molecule has 1 N–H and O–H groups in total. The van der Waals surface area contributed by atoms with E-state index in [1.54, 1.807) is 29.2 Å². The van der Waals surface area contributed by atoms with E-state index in [9.17, 15) is 9.59 Å². The summed E-state index contributed by atoms with van der Waals surface area (Å²) >= 11 is 1.60. The molecule has 2 amide bonds. The predicted octanol–water partition coefficient (Wildman–Crippen LogP) is 2.41. The number of fused-ring (bicyclic) bond motifs is 1. The quantitative estimate of drug-likeness (QED) is 0.921. The van der Waals surface area contributed by atoms with Gasteiger partial charge in [0.05, 0.1) is 17.8 Å². The van der Waals surface area contributed by atoms with Crippen LogP contribution in [0.4, 0.5) is 5.69 Å². The third-order valence-corrected chi connectivity index (χ3v) is 4.18. The van der Waals surface area contributed by atoms with Crippen LogP contribution in [0.1, 0.15) is 22.2 Å². The summed E-state index contributed by atoms with van der Waals surface area (Å²) in [6, 6.07) is 10.6. The predicted molar refractivity (Wildman–Crippen MR) is 78.9 cm³/mol. The third kappa shape index (κ3) is 2.20. The van der Waals surface area contributed by atoms with Gasteiger partial charge in [-0.3, -0.25) is 9.59 Å². The van der Waals surface area contributed by atoms with Gasteiger partial charge < -0.3 is 10.2 Å².